The van der Waals surface area contributed by atoms with Crippen LogP contribution in [-0.4, -0.2) is 6.54 Å². The molecule has 2 N–H and O–H groups in total. The summed E-state index contributed by atoms with van der Waals surface area (Å²) >= 11 is 5.33. The third kappa shape index (κ3) is 3.85. The van der Waals surface area contributed by atoms with Gasteiger partial charge in [0.1, 0.15) is 0 Å². The summed E-state index contributed by atoms with van der Waals surface area (Å²) in [5.74, 6) is 0. The number of benzene rings is 2. The molecular weight excluding hydrogens is 318 g/mol. The van der Waals surface area contributed by atoms with Gasteiger partial charge in [-0.25, -0.2) is 0 Å². The van der Waals surface area contributed by atoms with Crippen LogP contribution in [0.4, 0.5) is 0 Å². The molecule has 0 amide bonds. The van der Waals surface area contributed by atoms with E-state index in [9.17, 15) is 0 Å². The molecule has 2 aromatic carbocycles. The van der Waals surface area contributed by atoms with E-state index in [4.69, 9.17) is 5.73 Å². The quantitative estimate of drug-likeness (QED) is 0.874. The Bertz CT molecular complexity index is 581. The van der Waals surface area contributed by atoms with Gasteiger partial charge in [-0.05, 0) is 73.8 Å². The fraction of sp³-hybridized carbons (Fsp3) is 0.250. The lowest BCUT2D eigenvalue weighted by atomic mass is 10.1. The number of aryl methyl sites for hydroxylation is 2. The van der Waals surface area contributed by atoms with E-state index in [1.807, 2.05) is 11.8 Å². The van der Waals surface area contributed by atoms with Gasteiger partial charge in [0.05, 0.1) is 0 Å². The Balaban J connectivity index is 2.29. The Hall–Kier alpha value is -0.770. The molecule has 0 unspecified atom stereocenters. The maximum absolute atomic E-state index is 5.69. The molecule has 0 aliphatic carbocycles. The Morgan fingerprint density at radius 1 is 1.05 bits per heavy atom. The monoisotopic (exact) mass is 335 g/mol. The third-order valence-corrected chi connectivity index (χ3v) is 4.74. The molecule has 1 nitrogen and oxygen atoms in total. The van der Waals surface area contributed by atoms with Crippen molar-refractivity contribution in [3.63, 3.8) is 0 Å². The molecule has 0 heterocycles. The number of halogens is 1. The molecule has 0 radical (unpaired) electrons. The summed E-state index contributed by atoms with van der Waals surface area (Å²) in [5, 5.41) is 0. The minimum atomic E-state index is 0.678. The first kappa shape index (κ1) is 14.6. The van der Waals surface area contributed by atoms with Crippen LogP contribution in [0.25, 0.3) is 0 Å². The predicted octanol–water partition coefficient (Wildman–Crippen LogP) is 4.72. The molecule has 0 spiro atoms. The van der Waals surface area contributed by atoms with E-state index in [2.05, 4.69) is 66.2 Å². The minimum Gasteiger partial charge on any atom is -0.330 e. The van der Waals surface area contributed by atoms with E-state index in [1.54, 1.807) is 0 Å². The lowest BCUT2D eigenvalue weighted by molar-refractivity contribution is 0.943. The van der Waals surface area contributed by atoms with Crippen LogP contribution in [0.2, 0.25) is 0 Å². The second-order valence-corrected chi connectivity index (χ2v) is 6.67. The average molecular weight is 336 g/mol. The van der Waals surface area contributed by atoms with Gasteiger partial charge in [0.25, 0.3) is 0 Å². The van der Waals surface area contributed by atoms with Gasteiger partial charge in [0.2, 0.25) is 0 Å². The van der Waals surface area contributed by atoms with Gasteiger partial charge in [-0.3, -0.25) is 0 Å². The fourth-order valence-electron chi connectivity index (χ4n) is 1.90. The molecule has 0 saturated carbocycles. The van der Waals surface area contributed by atoms with E-state index in [0.29, 0.717) is 6.54 Å². The van der Waals surface area contributed by atoms with Crippen molar-refractivity contribution in [2.24, 2.45) is 5.73 Å². The van der Waals surface area contributed by atoms with Gasteiger partial charge in [0.15, 0.2) is 0 Å². The second kappa shape index (κ2) is 6.60. The summed E-state index contributed by atoms with van der Waals surface area (Å²) in [4.78, 5) is 2.57. The van der Waals surface area contributed by atoms with Crippen molar-refractivity contribution in [2.75, 3.05) is 6.54 Å². The summed E-state index contributed by atoms with van der Waals surface area (Å²) in [6, 6.07) is 13.0. The molecule has 3 heteroatoms. The van der Waals surface area contributed by atoms with Crippen LogP contribution in [-0.2, 0) is 6.42 Å². The molecule has 2 aromatic rings. The number of nitrogens with two attached hydrogens (primary N) is 1. The SMILES string of the molecule is Cc1ccc(Sc2ccc(Br)cc2CCN)cc1C. The standard InChI is InChI=1S/C16H18BrNS/c1-11-3-5-15(9-12(11)2)19-16-6-4-14(17)10-13(16)7-8-18/h3-6,9-10H,7-8,18H2,1-2H3. The predicted molar refractivity (Wildman–Crippen MR) is 86.9 cm³/mol. The van der Waals surface area contributed by atoms with Crippen LogP contribution in [0.3, 0.4) is 0 Å². The molecule has 100 valence electrons. The molecule has 0 aliphatic heterocycles. The Kier molecular flexibility index (Phi) is 5.08. The van der Waals surface area contributed by atoms with Crippen molar-refractivity contribution in [3.05, 3.63) is 57.6 Å². The molecule has 2 rings (SSSR count). The van der Waals surface area contributed by atoms with Gasteiger partial charge >= 0.3 is 0 Å². The highest BCUT2D eigenvalue weighted by Crippen LogP contribution is 2.33. The molecule has 0 aliphatic rings. The van der Waals surface area contributed by atoms with E-state index in [-0.39, 0.29) is 0 Å². The van der Waals surface area contributed by atoms with Crippen LogP contribution in [0.15, 0.2) is 50.7 Å². The summed E-state index contributed by atoms with van der Waals surface area (Å²) in [6.07, 6.45) is 0.909. The van der Waals surface area contributed by atoms with Gasteiger partial charge in [0, 0.05) is 14.3 Å². The van der Waals surface area contributed by atoms with E-state index >= 15 is 0 Å². The first-order chi connectivity index (χ1) is 9.10. The highest BCUT2D eigenvalue weighted by molar-refractivity contribution is 9.10. The van der Waals surface area contributed by atoms with Crippen molar-refractivity contribution in [3.8, 4) is 0 Å². The highest BCUT2D eigenvalue weighted by Gasteiger charge is 2.06. The summed E-state index contributed by atoms with van der Waals surface area (Å²) < 4.78 is 1.11. The summed E-state index contributed by atoms with van der Waals surface area (Å²) in [5.41, 5.74) is 9.67. The zero-order chi connectivity index (χ0) is 13.8. The van der Waals surface area contributed by atoms with E-state index in [0.717, 1.165) is 10.9 Å². The van der Waals surface area contributed by atoms with Crippen molar-refractivity contribution >= 4 is 27.7 Å². The number of rotatable bonds is 4. The first-order valence-corrected chi connectivity index (χ1v) is 7.94. The smallest absolute Gasteiger partial charge is 0.0178 e. The number of hydrogen-bond donors (Lipinski definition) is 1. The van der Waals surface area contributed by atoms with Crippen LogP contribution in [0, 0.1) is 13.8 Å². The highest BCUT2D eigenvalue weighted by atomic mass is 79.9. The topological polar surface area (TPSA) is 26.0 Å². The van der Waals surface area contributed by atoms with Crippen molar-refractivity contribution < 1.29 is 0 Å². The van der Waals surface area contributed by atoms with Crippen molar-refractivity contribution in [2.45, 2.75) is 30.1 Å². The molecule has 0 atom stereocenters. The van der Waals surface area contributed by atoms with Crippen LogP contribution >= 0.6 is 27.7 Å². The fourth-order valence-corrected chi connectivity index (χ4v) is 3.37. The number of hydrogen-bond acceptors (Lipinski definition) is 2. The van der Waals surface area contributed by atoms with Crippen LogP contribution in [0.1, 0.15) is 16.7 Å². The van der Waals surface area contributed by atoms with E-state index in [1.165, 1.54) is 26.5 Å². The van der Waals surface area contributed by atoms with Crippen LogP contribution < -0.4 is 5.73 Å². The lowest BCUT2D eigenvalue weighted by Crippen LogP contribution is -2.03. The zero-order valence-electron chi connectivity index (χ0n) is 11.2. The van der Waals surface area contributed by atoms with Crippen LogP contribution in [0.5, 0.6) is 0 Å². The molecular formula is C16H18BrNS. The molecule has 0 aromatic heterocycles. The Morgan fingerprint density at radius 3 is 2.53 bits per heavy atom. The average Bonchev–Trinajstić information content (AvgIpc) is 2.37. The Morgan fingerprint density at radius 2 is 1.84 bits per heavy atom. The normalized spacial score (nSPS) is 10.7. The minimum absolute atomic E-state index is 0.678. The van der Waals surface area contributed by atoms with Gasteiger partial charge in [-0.2, -0.15) is 0 Å². The van der Waals surface area contributed by atoms with Gasteiger partial charge in [-0.1, -0.05) is 33.8 Å². The largest absolute Gasteiger partial charge is 0.330 e. The van der Waals surface area contributed by atoms with Crippen molar-refractivity contribution in [1.29, 1.82) is 0 Å². The van der Waals surface area contributed by atoms with Gasteiger partial charge < -0.3 is 5.73 Å². The molecule has 19 heavy (non-hydrogen) atoms. The van der Waals surface area contributed by atoms with E-state index < -0.39 is 0 Å². The second-order valence-electron chi connectivity index (χ2n) is 4.64. The molecule has 0 fully saturated rings. The zero-order valence-corrected chi connectivity index (χ0v) is 13.6. The summed E-state index contributed by atoms with van der Waals surface area (Å²) in [7, 11) is 0. The first-order valence-electron chi connectivity index (χ1n) is 6.34. The maximum Gasteiger partial charge on any atom is 0.0178 e. The molecule has 0 bridgehead atoms. The Labute approximate surface area is 127 Å². The third-order valence-electron chi connectivity index (χ3n) is 3.14. The van der Waals surface area contributed by atoms with Gasteiger partial charge in [-0.15, -0.1) is 0 Å². The maximum atomic E-state index is 5.69. The lowest BCUT2D eigenvalue weighted by Gasteiger charge is -2.10. The van der Waals surface area contributed by atoms with Crippen molar-refractivity contribution in [1.82, 2.24) is 0 Å². The molecule has 0 saturated heterocycles. The summed E-state index contributed by atoms with van der Waals surface area (Å²) in [6.45, 7) is 4.97.